The molecular weight excluding hydrogens is 429 g/mol. The van der Waals surface area contributed by atoms with Crippen LogP contribution in [0.15, 0.2) is 40.6 Å². The topological polar surface area (TPSA) is 63.2 Å². The normalized spacial score (nSPS) is 18.7. The first-order chi connectivity index (χ1) is 12.9. The minimum atomic E-state index is -3.57. The molecule has 1 fully saturated rings. The summed E-state index contributed by atoms with van der Waals surface area (Å²) in [5, 5.41) is 9.57. The molecule has 0 radical (unpaired) electrons. The first-order valence-electron chi connectivity index (χ1n) is 8.29. The Morgan fingerprint density at radius 1 is 1.15 bits per heavy atom. The van der Waals surface area contributed by atoms with Crippen LogP contribution in [-0.4, -0.2) is 36.0 Å². The summed E-state index contributed by atoms with van der Waals surface area (Å²) in [4.78, 5) is 0. The SMILES string of the molecule is O=S(=O)(c1ccc(Cl)s1)N1CCCC(c2nnc(-c3ccccc3F)s2)C1. The summed E-state index contributed by atoms with van der Waals surface area (Å²) in [6.45, 7) is 0.803. The maximum absolute atomic E-state index is 14.0. The van der Waals surface area contributed by atoms with E-state index in [2.05, 4.69) is 10.2 Å². The fourth-order valence-electron chi connectivity index (χ4n) is 3.07. The highest BCUT2D eigenvalue weighted by atomic mass is 35.5. The minimum absolute atomic E-state index is 0.0537. The quantitative estimate of drug-likeness (QED) is 0.589. The molecule has 3 aromatic rings. The molecule has 27 heavy (non-hydrogen) atoms. The number of thiophene rings is 1. The zero-order valence-electron chi connectivity index (χ0n) is 14.0. The van der Waals surface area contributed by atoms with Crippen molar-refractivity contribution in [1.82, 2.24) is 14.5 Å². The molecule has 1 aliphatic heterocycles. The molecule has 1 atom stereocenters. The van der Waals surface area contributed by atoms with Crippen molar-refractivity contribution in [2.24, 2.45) is 0 Å². The number of halogens is 2. The second-order valence-electron chi connectivity index (χ2n) is 6.19. The Balaban J connectivity index is 1.56. The van der Waals surface area contributed by atoms with Gasteiger partial charge >= 0.3 is 0 Å². The van der Waals surface area contributed by atoms with Gasteiger partial charge < -0.3 is 0 Å². The van der Waals surface area contributed by atoms with Gasteiger partial charge in [0.25, 0.3) is 10.0 Å². The highest BCUT2D eigenvalue weighted by molar-refractivity contribution is 7.91. The molecule has 0 amide bonds. The van der Waals surface area contributed by atoms with Crippen LogP contribution >= 0.6 is 34.3 Å². The van der Waals surface area contributed by atoms with Crippen LogP contribution in [0.3, 0.4) is 0 Å². The summed E-state index contributed by atoms with van der Waals surface area (Å²) in [5.74, 6) is -0.399. The van der Waals surface area contributed by atoms with E-state index in [4.69, 9.17) is 11.6 Å². The van der Waals surface area contributed by atoms with Crippen LogP contribution < -0.4 is 0 Å². The summed E-state index contributed by atoms with van der Waals surface area (Å²) in [7, 11) is -3.57. The van der Waals surface area contributed by atoms with Gasteiger partial charge in [-0.15, -0.1) is 21.5 Å². The molecule has 0 bridgehead atoms. The van der Waals surface area contributed by atoms with Crippen molar-refractivity contribution in [2.75, 3.05) is 13.1 Å². The number of piperidine rings is 1. The van der Waals surface area contributed by atoms with Crippen LogP contribution in [-0.2, 0) is 10.0 Å². The van der Waals surface area contributed by atoms with Gasteiger partial charge in [0.15, 0.2) is 5.01 Å². The Morgan fingerprint density at radius 3 is 2.70 bits per heavy atom. The van der Waals surface area contributed by atoms with Crippen LogP contribution in [0.25, 0.3) is 10.6 Å². The molecule has 1 unspecified atom stereocenters. The third kappa shape index (κ3) is 3.79. The Hall–Kier alpha value is -1.39. The molecule has 10 heteroatoms. The largest absolute Gasteiger partial charge is 0.252 e. The number of sulfonamides is 1. The number of hydrogen-bond acceptors (Lipinski definition) is 6. The molecular formula is C17H15ClFN3O2S3. The van der Waals surface area contributed by atoms with Gasteiger partial charge in [-0.2, -0.15) is 4.31 Å². The lowest BCUT2D eigenvalue weighted by Gasteiger charge is -2.30. The highest BCUT2D eigenvalue weighted by Gasteiger charge is 2.33. The van der Waals surface area contributed by atoms with E-state index in [0.29, 0.717) is 28.0 Å². The molecule has 2 aromatic heterocycles. The molecule has 0 N–H and O–H groups in total. The fraction of sp³-hybridized carbons (Fsp3) is 0.294. The molecule has 1 saturated heterocycles. The molecule has 1 aliphatic rings. The predicted molar refractivity (Wildman–Crippen MR) is 105 cm³/mol. The lowest BCUT2D eigenvalue weighted by Crippen LogP contribution is -2.38. The van der Waals surface area contributed by atoms with Crippen molar-refractivity contribution >= 4 is 44.3 Å². The van der Waals surface area contributed by atoms with E-state index in [0.717, 1.165) is 29.2 Å². The lowest BCUT2D eigenvalue weighted by atomic mass is 10.0. The van der Waals surface area contributed by atoms with E-state index < -0.39 is 10.0 Å². The molecule has 3 heterocycles. The summed E-state index contributed by atoms with van der Waals surface area (Å²) < 4.78 is 41.8. The lowest BCUT2D eigenvalue weighted by molar-refractivity contribution is 0.315. The van der Waals surface area contributed by atoms with Gasteiger partial charge in [-0.05, 0) is 37.1 Å². The maximum Gasteiger partial charge on any atom is 0.252 e. The Labute approximate surface area is 169 Å². The predicted octanol–water partition coefficient (Wildman–Crippen LogP) is 4.63. The van der Waals surface area contributed by atoms with Gasteiger partial charge in [0.2, 0.25) is 0 Å². The van der Waals surface area contributed by atoms with Crippen LogP contribution in [0.1, 0.15) is 23.8 Å². The van der Waals surface area contributed by atoms with Crippen molar-refractivity contribution in [3.8, 4) is 10.6 Å². The maximum atomic E-state index is 14.0. The fourth-order valence-corrected chi connectivity index (χ4v) is 7.23. The standard InChI is InChI=1S/C17H15ClFN3O2S3/c18-14-7-8-15(25-14)27(23,24)22-9-3-4-11(10-22)16-20-21-17(26-16)12-5-1-2-6-13(12)19/h1-2,5-8,11H,3-4,9-10H2. The van der Waals surface area contributed by atoms with Crippen LogP contribution in [0.5, 0.6) is 0 Å². The van der Waals surface area contributed by atoms with E-state index in [1.807, 2.05) is 0 Å². The zero-order valence-corrected chi connectivity index (χ0v) is 17.2. The van der Waals surface area contributed by atoms with Crippen LogP contribution in [0, 0.1) is 5.82 Å². The third-order valence-corrected chi connectivity index (χ3v) is 9.10. The van der Waals surface area contributed by atoms with Gasteiger partial charge in [0.05, 0.1) is 4.34 Å². The summed E-state index contributed by atoms with van der Waals surface area (Å²) >= 11 is 8.27. The Kier molecular flexibility index (Phi) is 5.30. The van der Waals surface area contributed by atoms with Crippen LogP contribution in [0.2, 0.25) is 4.34 Å². The van der Waals surface area contributed by atoms with Gasteiger partial charge in [0.1, 0.15) is 15.0 Å². The van der Waals surface area contributed by atoms with Crippen molar-refractivity contribution in [1.29, 1.82) is 0 Å². The van der Waals surface area contributed by atoms with Crippen molar-refractivity contribution < 1.29 is 12.8 Å². The first-order valence-corrected chi connectivity index (χ1v) is 11.7. The smallest absolute Gasteiger partial charge is 0.206 e. The van der Waals surface area contributed by atoms with E-state index in [1.165, 1.54) is 27.8 Å². The number of hydrogen-bond donors (Lipinski definition) is 0. The number of rotatable bonds is 4. The van der Waals surface area contributed by atoms with Crippen molar-refractivity contribution in [3.05, 3.63) is 51.6 Å². The van der Waals surface area contributed by atoms with E-state index in [-0.39, 0.29) is 15.9 Å². The van der Waals surface area contributed by atoms with Gasteiger partial charge in [-0.3, -0.25) is 0 Å². The van der Waals surface area contributed by atoms with Crippen molar-refractivity contribution in [3.63, 3.8) is 0 Å². The minimum Gasteiger partial charge on any atom is -0.206 e. The molecule has 0 aliphatic carbocycles. The molecule has 5 nitrogen and oxygen atoms in total. The van der Waals surface area contributed by atoms with Gasteiger partial charge in [0, 0.05) is 24.6 Å². The number of benzene rings is 1. The molecule has 1 aromatic carbocycles. The van der Waals surface area contributed by atoms with Gasteiger partial charge in [-0.1, -0.05) is 35.1 Å². The monoisotopic (exact) mass is 443 g/mol. The van der Waals surface area contributed by atoms with E-state index in [9.17, 15) is 12.8 Å². The summed E-state index contributed by atoms with van der Waals surface area (Å²) in [6, 6.07) is 9.55. The Bertz CT molecular complexity index is 1070. The first kappa shape index (κ1) is 18.9. The third-order valence-electron chi connectivity index (χ3n) is 4.42. The average molecular weight is 444 g/mol. The summed E-state index contributed by atoms with van der Waals surface area (Å²) in [6.07, 6.45) is 1.56. The molecule has 142 valence electrons. The van der Waals surface area contributed by atoms with Crippen molar-refractivity contribution in [2.45, 2.75) is 23.0 Å². The Morgan fingerprint density at radius 2 is 1.96 bits per heavy atom. The molecule has 0 saturated carbocycles. The second kappa shape index (κ2) is 7.56. The summed E-state index contributed by atoms with van der Waals surface area (Å²) in [5.41, 5.74) is 0.412. The van der Waals surface area contributed by atoms with E-state index >= 15 is 0 Å². The number of nitrogens with zero attached hydrogens (tertiary/aromatic N) is 3. The molecule has 0 spiro atoms. The zero-order chi connectivity index (χ0) is 19.0. The molecule has 4 rings (SSSR count). The highest BCUT2D eigenvalue weighted by Crippen LogP contribution is 2.36. The van der Waals surface area contributed by atoms with Gasteiger partial charge in [-0.25, -0.2) is 12.8 Å². The van der Waals surface area contributed by atoms with Crippen LogP contribution in [0.4, 0.5) is 4.39 Å². The second-order valence-corrected chi connectivity index (χ2v) is 11.1. The van der Waals surface area contributed by atoms with E-state index in [1.54, 1.807) is 24.3 Å². The average Bonchev–Trinajstić information content (AvgIpc) is 3.32. The number of aromatic nitrogens is 2.